The van der Waals surface area contributed by atoms with Crippen LogP contribution < -0.4 is 5.73 Å². The van der Waals surface area contributed by atoms with Crippen LogP contribution in [0.15, 0.2) is 30.3 Å². The molecular weight excluding hydrogens is 236 g/mol. The van der Waals surface area contributed by atoms with E-state index in [0.717, 1.165) is 30.1 Å². The van der Waals surface area contributed by atoms with Crippen LogP contribution in [0.3, 0.4) is 0 Å². The molecule has 0 aliphatic heterocycles. The Labute approximate surface area is 113 Å². The van der Waals surface area contributed by atoms with Gasteiger partial charge in [0.15, 0.2) is 5.82 Å². The van der Waals surface area contributed by atoms with E-state index in [-0.39, 0.29) is 5.54 Å². The van der Waals surface area contributed by atoms with E-state index in [1.807, 2.05) is 30.3 Å². The lowest BCUT2D eigenvalue weighted by Gasteiger charge is -2.34. The van der Waals surface area contributed by atoms with Crippen LogP contribution >= 0.6 is 0 Å². The topological polar surface area (TPSA) is 67.6 Å². The molecule has 1 fully saturated rings. The fourth-order valence-electron chi connectivity index (χ4n) is 3.01. The van der Waals surface area contributed by atoms with Gasteiger partial charge in [-0.1, -0.05) is 50.1 Å². The summed E-state index contributed by atoms with van der Waals surface area (Å²) in [6.07, 6.45) is 4.40. The van der Waals surface area contributed by atoms with Crippen LogP contribution in [0.25, 0.3) is 11.4 Å². The Morgan fingerprint density at radius 1 is 1.32 bits per heavy atom. The first kappa shape index (κ1) is 12.4. The van der Waals surface area contributed by atoms with Gasteiger partial charge >= 0.3 is 0 Å². The van der Waals surface area contributed by atoms with E-state index in [4.69, 9.17) is 5.73 Å². The molecule has 1 saturated carbocycles. The van der Waals surface area contributed by atoms with Crippen molar-refractivity contribution in [3.05, 3.63) is 36.2 Å². The summed E-state index contributed by atoms with van der Waals surface area (Å²) in [7, 11) is 0. The molecule has 1 aromatic carbocycles. The standard InChI is InChI=1S/C15H20N4/c1-11-6-5-9-15(16,10-11)14-17-13(18-19-14)12-7-3-2-4-8-12/h2-4,7-8,11H,5-6,9-10,16H2,1H3,(H,17,18,19). The monoisotopic (exact) mass is 256 g/mol. The molecule has 100 valence electrons. The second-order valence-electron chi connectivity index (χ2n) is 5.73. The molecule has 1 heterocycles. The fourth-order valence-corrected chi connectivity index (χ4v) is 3.01. The summed E-state index contributed by atoms with van der Waals surface area (Å²) in [6, 6.07) is 10.0. The number of H-pyrrole nitrogens is 1. The molecule has 1 aromatic heterocycles. The van der Waals surface area contributed by atoms with Gasteiger partial charge in [-0.25, -0.2) is 4.98 Å². The van der Waals surface area contributed by atoms with Crippen molar-refractivity contribution in [1.29, 1.82) is 0 Å². The minimum Gasteiger partial charge on any atom is -0.319 e. The number of nitrogens with zero attached hydrogens (tertiary/aromatic N) is 2. The van der Waals surface area contributed by atoms with Gasteiger partial charge in [0.05, 0.1) is 5.54 Å². The van der Waals surface area contributed by atoms with Crippen molar-refractivity contribution in [2.24, 2.45) is 11.7 Å². The van der Waals surface area contributed by atoms with Gasteiger partial charge in [-0.05, 0) is 18.8 Å². The highest BCUT2D eigenvalue weighted by atomic mass is 15.2. The van der Waals surface area contributed by atoms with Crippen molar-refractivity contribution in [1.82, 2.24) is 15.2 Å². The maximum Gasteiger partial charge on any atom is 0.181 e. The average Bonchev–Trinajstić information content (AvgIpc) is 2.90. The van der Waals surface area contributed by atoms with E-state index in [0.29, 0.717) is 5.92 Å². The maximum atomic E-state index is 6.53. The zero-order chi connectivity index (χ0) is 13.3. The normalized spacial score (nSPS) is 27.4. The Morgan fingerprint density at radius 2 is 2.11 bits per heavy atom. The molecule has 1 aliphatic rings. The summed E-state index contributed by atoms with van der Waals surface area (Å²) in [4.78, 5) is 4.62. The van der Waals surface area contributed by atoms with Crippen LogP contribution in [-0.2, 0) is 5.54 Å². The number of rotatable bonds is 2. The van der Waals surface area contributed by atoms with Crippen LogP contribution in [0, 0.1) is 5.92 Å². The highest BCUT2D eigenvalue weighted by Crippen LogP contribution is 2.36. The molecule has 0 bridgehead atoms. The van der Waals surface area contributed by atoms with E-state index in [1.165, 1.54) is 12.8 Å². The third-order valence-electron chi connectivity index (χ3n) is 4.02. The summed E-state index contributed by atoms with van der Waals surface area (Å²) in [5.74, 6) is 2.22. The van der Waals surface area contributed by atoms with Crippen molar-refractivity contribution in [3.63, 3.8) is 0 Å². The van der Waals surface area contributed by atoms with E-state index in [2.05, 4.69) is 22.1 Å². The van der Waals surface area contributed by atoms with Crippen LogP contribution in [0.2, 0.25) is 0 Å². The molecule has 0 radical (unpaired) electrons. The zero-order valence-corrected chi connectivity index (χ0v) is 11.3. The Morgan fingerprint density at radius 3 is 2.84 bits per heavy atom. The van der Waals surface area contributed by atoms with Gasteiger partial charge in [0, 0.05) is 5.56 Å². The average molecular weight is 256 g/mol. The van der Waals surface area contributed by atoms with Crippen LogP contribution in [0.4, 0.5) is 0 Å². The van der Waals surface area contributed by atoms with Gasteiger partial charge in [0.1, 0.15) is 5.82 Å². The van der Waals surface area contributed by atoms with Gasteiger partial charge in [-0.2, -0.15) is 5.10 Å². The second-order valence-corrected chi connectivity index (χ2v) is 5.73. The molecule has 3 rings (SSSR count). The number of nitrogens with two attached hydrogens (primary N) is 1. The summed E-state index contributed by atoms with van der Waals surface area (Å²) in [6.45, 7) is 2.26. The molecular formula is C15H20N4. The minimum atomic E-state index is -0.336. The lowest BCUT2D eigenvalue weighted by Crippen LogP contribution is -2.42. The Balaban J connectivity index is 1.89. The second kappa shape index (κ2) is 4.78. The van der Waals surface area contributed by atoms with Crippen molar-refractivity contribution in [2.75, 3.05) is 0 Å². The first-order valence-corrected chi connectivity index (χ1v) is 6.94. The largest absolute Gasteiger partial charge is 0.319 e. The summed E-state index contributed by atoms with van der Waals surface area (Å²) < 4.78 is 0. The summed E-state index contributed by atoms with van der Waals surface area (Å²) in [5, 5.41) is 7.36. The van der Waals surface area contributed by atoms with Crippen LogP contribution in [-0.4, -0.2) is 15.2 Å². The van der Waals surface area contributed by atoms with Gasteiger partial charge in [-0.3, -0.25) is 5.10 Å². The molecule has 2 unspecified atom stereocenters. The van der Waals surface area contributed by atoms with Crippen LogP contribution in [0.1, 0.15) is 38.4 Å². The number of hydrogen-bond donors (Lipinski definition) is 2. The number of hydrogen-bond acceptors (Lipinski definition) is 3. The highest BCUT2D eigenvalue weighted by Gasteiger charge is 2.35. The molecule has 0 saturated heterocycles. The van der Waals surface area contributed by atoms with Crippen molar-refractivity contribution >= 4 is 0 Å². The smallest absolute Gasteiger partial charge is 0.181 e. The molecule has 0 spiro atoms. The Kier molecular flexibility index (Phi) is 3.11. The van der Waals surface area contributed by atoms with Gasteiger partial charge in [0.2, 0.25) is 0 Å². The molecule has 3 N–H and O–H groups in total. The summed E-state index contributed by atoms with van der Waals surface area (Å²) >= 11 is 0. The number of benzene rings is 1. The van der Waals surface area contributed by atoms with Gasteiger partial charge in [0.25, 0.3) is 0 Å². The first-order chi connectivity index (χ1) is 9.17. The zero-order valence-electron chi connectivity index (χ0n) is 11.3. The maximum absolute atomic E-state index is 6.53. The molecule has 4 nitrogen and oxygen atoms in total. The molecule has 19 heavy (non-hydrogen) atoms. The first-order valence-electron chi connectivity index (χ1n) is 6.94. The minimum absolute atomic E-state index is 0.336. The number of aromatic nitrogens is 3. The summed E-state index contributed by atoms with van der Waals surface area (Å²) in [5.41, 5.74) is 7.22. The Bertz CT molecular complexity index is 548. The van der Waals surface area contributed by atoms with E-state index < -0.39 is 0 Å². The molecule has 1 aliphatic carbocycles. The van der Waals surface area contributed by atoms with Crippen LogP contribution in [0.5, 0.6) is 0 Å². The lowest BCUT2D eigenvalue weighted by molar-refractivity contribution is 0.228. The third kappa shape index (κ3) is 2.40. The molecule has 2 atom stereocenters. The number of nitrogens with one attached hydrogen (secondary N) is 1. The van der Waals surface area contributed by atoms with E-state index >= 15 is 0 Å². The molecule has 0 amide bonds. The fraction of sp³-hybridized carbons (Fsp3) is 0.467. The van der Waals surface area contributed by atoms with Crippen molar-refractivity contribution in [2.45, 2.75) is 38.1 Å². The highest BCUT2D eigenvalue weighted by molar-refractivity contribution is 5.54. The Hall–Kier alpha value is -1.68. The van der Waals surface area contributed by atoms with Crippen molar-refractivity contribution < 1.29 is 0 Å². The lowest BCUT2D eigenvalue weighted by atomic mass is 9.76. The molecule has 4 heteroatoms. The molecule has 2 aromatic rings. The quantitative estimate of drug-likeness (QED) is 0.868. The van der Waals surface area contributed by atoms with Gasteiger partial charge in [-0.15, -0.1) is 0 Å². The van der Waals surface area contributed by atoms with E-state index in [9.17, 15) is 0 Å². The SMILES string of the molecule is CC1CCCC(N)(c2nc(-c3ccccc3)n[nH]2)C1. The third-order valence-corrected chi connectivity index (χ3v) is 4.02. The van der Waals surface area contributed by atoms with Gasteiger partial charge < -0.3 is 5.73 Å². The predicted molar refractivity (Wildman–Crippen MR) is 75.3 cm³/mol. The number of aromatic amines is 1. The predicted octanol–water partition coefficient (Wildman–Crippen LogP) is 2.84. The van der Waals surface area contributed by atoms with E-state index in [1.54, 1.807) is 0 Å². The van der Waals surface area contributed by atoms with Crippen molar-refractivity contribution in [3.8, 4) is 11.4 Å².